The normalized spacial score (nSPS) is 23.2. The molecule has 28 heavy (non-hydrogen) atoms. The summed E-state index contributed by atoms with van der Waals surface area (Å²) < 4.78 is 5.45. The van der Waals surface area contributed by atoms with Gasteiger partial charge in [-0.15, -0.1) is 0 Å². The zero-order valence-corrected chi connectivity index (χ0v) is 16.6. The van der Waals surface area contributed by atoms with Crippen molar-refractivity contribution in [1.29, 1.82) is 0 Å². The zero-order chi connectivity index (χ0) is 20.0. The molecule has 1 N–H and O–H groups in total. The molecule has 2 aromatic rings. The molecule has 0 bridgehead atoms. The van der Waals surface area contributed by atoms with E-state index in [0.717, 1.165) is 29.0 Å². The molecule has 1 heterocycles. The lowest BCUT2D eigenvalue weighted by Gasteiger charge is -2.37. The van der Waals surface area contributed by atoms with E-state index < -0.39 is 0 Å². The van der Waals surface area contributed by atoms with Gasteiger partial charge in [-0.3, -0.25) is 4.79 Å². The fraction of sp³-hybridized carbons (Fsp3) is 0.364. The summed E-state index contributed by atoms with van der Waals surface area (Å²) in [7, 11) is 5.81. The highest BCUT2D eigenvalue weighted by Gasteiger charge is 2.46. The molecule has 2 aliphatic rings. The number of fused-ring (bicyclic) bond motifs is 3. The third kappa shape index (κ3) is 2.94. The number of hydrogen-bond donors (Lipinski definition) is 1. The molecule has 6 nitrogen and oxygen atoms in total. The number of hydrazone groups is 1. The van der Waals surface area contributed by atoms with E-state index in [1.807, 2.05) is 24.3 Å². The van der Waals surface area contributed by atoms with Crippen LogP contribution in [-0.4, -0.2) is 47.8 Å². The first-order valence-electron chi connectivity index (χ1n) is 9.42. The Labute approximate surface area is 165 Å². The Bertz CT molecular complexity index is 937. The molecule has 1 aliphatic carbocycles. The molecule has 146 valence electrons. The van der Waals surface area contributed by atoms with Crippen LogP contribution < -0.4 is 4.74 Å². The summed E-state index contributed by atoms with van der Waals surface area (Å²) in [4.78, 5) is 14.6. The van der Waals surface area contributed by atoms with Gasteiger partial charge in [0.1, 0.15) is 11.5 Å². The molecule has 6 heteroatoms. The van der Waals surface area contributed by atoms with Gasteiger partial charge in [0.15, 0.2) is 0 Å². The van der Waals surface area contributed by atoms with Crippen LogP contribution in [0.1, 0.15) is 42.1 Å². The van der Waals surface area contributed by atoms with E-state index in [1.165, 1.54) is 5.56 Å². The second-order valence-corrected chi connectivity index (χ2v) is 7.66. The van der Waals surface area contributed by atoms with Gasteiger partial charge in [-0.1, -0.05) is 18.2 Å². The van der Waals surface area contributed by atoms with Crippen molar-refractivity contribution < 1.29 is 14.6 Å². The van der Waals surface area contributed by atoms with Crippen LogP contribution in [0.2, 0.25) is 0 Å². The molecule has 0 fully saturated rings. The summed E-state index contributed by atoms with van der Waals surface area (Å²) in [5.74, 6) is 0.968. The molecular formula is C22H25N3O3. The van der Waals surface area contributed by atoms with Crippen LogP contribution in [0, 0.1) is 5.92 Å². The number of nitrogens with zero attached hydrogens (tertiary/aromatic N) is 3. The number of amides is 1. The maximum absolute atomic E-state index is 12.4. The summed E-state index contributed by atoms with van der Waals surface area (Å²) in [5.41, 5.74) is 4.15. The van der Waals surface area contributed by atoms with Crippen molar-refractivity contribution in [2.24, 2.45) is 11.0 Å². The van der Waals surface area contributed by atoms with Gasteiger partial charge in [-0.2, -0.15) is 5.10 Å². The fourth-order valence-corrected chi connectivity index (χ4v) is 4.41. The summed E-state index contributed by atoms with van der Waals surface area (Å²) in [6, 6.07) is 13.2. The van der Waals surface area contributed by atoms with Crippen LogP contribution >= 0.6 is 0 Å². The topological polar surface area (TPSA) is 65.4 Å². The highest BCUT2D eigenvalue weighted by Crippen LogP contribution is 2.48. The zero-order valence-electron chi connectivity index (χ0n) is 16.6. The molecule has 3 atom stereocenters. The quantitative estimate of drug-likeness (QED) is 0.888. The number of benzene rings is 2. The standard InChI is InChI=1S/C22H25N3O3/c1-13(26)25-22(14-5-7-15(27)8-6-14)19-12-20(24(2)3)17-10-9-16(28-4)11-18(17)21(19)23-25/h5-11,19-20,22,27H,12H2,1-4H3/t19?,20-,22-/m1/s1. The number of methoxy groups -OCH3 is 1. The summed E-state index contributed by atoms with van der Waals surface area (Å²) in [5, 5.41) is 16.0. The molecule has 0 saturated heterocycles. The Morgan fingerprint density at radius 1 is 1.21 bits per heavy atom. The van der Waals surface area contributed by atoms with Gasteiger partial charge in [0, 0.05) is 24.4 Å². The lowest BCUT2D eigenvalue weighted by Crippen LogP contribution is -2.35. The SMILES string of the molecule is COc1ccc2c(c1)C1=NN(C(C)=O)[C@H](c3ccc(O)cc3)C1C[C@H]2N(C)C. The van der Waals surface area contributed by atoms with Crippen LogP contribution in [0.15, 0.2) is 47.6 Å². The largest absolute Gasteiger partial charge is 0.508 e. The van der Waals surface area contributed by atoms with Crippen molar-refractivity contribution in [3.8, 4) is 11.5 Å². The van der Waals surface area contributed by atoms with E-state index in [2.05, 4.69) is 25.1 Å². The van der Waals surface area contributed by atoms with Crippen LogP contribution in [0.3, 0.4) is 0 Å². The molecule has 2 aromatic carbocycles. The third-order valence-electron chi connectivity index (χ3n) is 5.76. The van der Waals surface area contributed by atoms with Crippen LogP contribution in [0.5, 0.6) is 11.5 Å². The first-order chi connectivity index (χ1) is 13.4. The minimum atomic E-state index is -0.185. The highest BCUT2D eigenvalue weighted by atomic mass is 16.5. The molecule has 1 amide bonds. The average molecular weight is 379 g/mol. The number of rotatable bonds is 3. The maximum atomic E-state index is 12.4. The predicted molar refractivity (Wildman–Crippen MR) is 107 cm³/mol. The van der Waals surface area contributed by atoms with Crippen LogP contribution in [0.25, 0.3) is 0 Å². The van der Waals surface area contributed by atoms with Gasteiger partial charge in [-0.25, -0.2) is 5.01 Å². The fourth-order valence-electron chi connectivity index (χ4n) is 4.41. The lowest BCUT2D eigenvalue weighted by molar-refractivity contribution is -0.131. The summed E-state index contributed by atoms with van der Waals surface area (Å²) in [6.07, 6.45) is 0.862. The van der Waals surface area contributed by atoms with E-state index in [0.29, 0.717) is 0 Å². The molecule has 1 aliphatic heterocycles. The number of carbonyl (C=O) groups excluding carboxylic acids is 1. The van der Waals surface area contributed by atoms with Crippen molar-refractivity contribution >= 4 is 11.6 Å². The van der Waals surface area contributed by atoms with Gasteiger partial charge < -0.3 is 14.7 Å². The van der Waals surface area contributed by atoms with Crippen molar-refractivity contribution in [3.63, 3.8) is 0 Å². The molecule has 4 rings (SSSR count). The van der Waals surface area contributed by atoms with Crippen LogP contribution in [-0.2, 0) is 4.79 Å². The molecule has 0 saturated carbocycles. The van der Waals surface area contributed by atoms with Crippen molar-refractivity contribution in [1.82, 2.24) is 9.91 Å². The van der Waals surface area contributed by atoms with E-state index in [4.69, 9.17) is 9.84 Å². The second-order valence-electron chi connectivity index (χ2n) is 7.66. The van der Waals surface area contributed by atoms with Gasteiger partial charge in [0.05, 0.1) is 18.9 Å². The Balaban J connectivity index is 1.86. The third-order valence-corrected chi connectivity index (χ3v) is 5.76. The molecule has 0 spiro atoms. The first-order valence-corrected chi connectivity index (χ1v) is 9.42. The van der Waals surface area contributed by atoms with E-state index >= 15 is 0 Å². The van der Waals surface area contributed by atoms with Crippen molar-refractivity contribution in [3.05, 3.63) is 59.2 Å². The minimum Gasteiger partial charge on any atom is -0.508 e. The number of aromatic hydroxyl groups is 1. The Kier molecular flexibility index (Phi) is 4.59. The minimum absolute atomic E-state index is 0.0699. The maximum Gasteiger partial charge on any atom is 0.240 e. The van der Waals surface area contributed by atoms with Crippen molar-refractivity contribution in [2.75, 3.05) is 21.2 Å². The van der Waals surface area contributed by atoms with Crippen molar-refractivity contribution in [2.45, 2.75) is 25.4 Å². The molecule has 0 radical (unpaired) electrons. The van der Waals surface area contributed by atoms with Crippen LogP contribution in [0.4, 0.5) is 0 Å². The Morgan fingerprint density at radius 3 is 2.54 bits per heavy atom. The number of hydrogen-bond acceptors (Lipinski definition) is 5. The van der Waals surface area contributed by atoms with E-state index in [-0.39, 0.29) is 29.7 Å². The van der Waals surface area contributed by atoms with Gasteiger partial charge in [0.25, 0.3) is 0 Å². The number of carbonyl (C=O) groups is 1. The Hall–Kier alpha value is -2.86. The highest BCUT2D eigenvalue weighted by molar-refractivity contribution is 6.07. The summed E-state index contributed by atoms with van der Waals surface area (Å²) in [6.45, 7) is 1.55. The number of phenolic OH excluding ortho intramolecular Hbond substituents is 1. The second kappa shape index (κ2) is 6.95. The molecular weight excluding hydrogens is 354 g/mol. The number of phenols is 1. The number of ether oxygens (including phenoxy) is 1. The molecule has 1 unspecified atom stereocenters. The van der Waals surface area contributed by atoms with Gasteiger partial charge in [-0.05, 0) is 55.9 Å². The average Bonchev–Trinajstić information content (AvgIpc) is 3.07. The Morgan fingerprint density at radius 2 is 1.93 bits per heavy atom. The van der Waals surface area contributed by atoms with Gasteiger partial charge in [0.2, 0.25) is 5.91 Å². The summed E-state index contributed by atoms with van der Waals surface area (Å²) >= 11 is 0. The lowest BCUT2D eigenvalue weighted by atomic mass is 9.74. The molecule has 0 aromatic heterocycles. The predicted octanol–water partition coefficient (Wildman–Crippen LogP) is 3.33. The smallest absolute Gasteiger partial charge is 0.240 e. The monoisotopic (exact) mass is 379 g/mol. The van der Waals surface area contributed by atoms with Gasteiger partial charge >= 0.3 is 0 Å². The first kappa shape index (κ1) is 18.5. The van der Waals surface area contributed by atoms with E-state index in [9.17, 15) is 9.90 Å². The van der Waals surface area contributed by atoms with E-state index in [1.54, 1.807) is 31.2 Å².